The second-order valence-corrected chi connectivity index (χ2v) is 12.6. The van der Waals surface area contributed by atoms with E-state index in [9.17, 15) is 34.5 Å². The van der Waals surface area contributed by atoms with Gasteiger partial charge in [0.1, 0.15) is 11.7 Å². The Morgan fingerprint density at radius 1 is 1.10 bits per heavy atom. The lowest BCUT2D eigenvalue weighted by atomic mass is 9.52. The number of nitrogens with zero attached hydrogens (tertiary/aromatic N) is 2. The molecule has 6 rings (SSSR count). The van der Waals surface area contributed by atoms with Gasteiger partial charge >= 0.3 is 0 Å². The van der Waals surface area contributed by atoms with Crippen molar-refractivity contribution in [1.82, 2.24) is 9.80 Å². The number of likely N-dealkylation sites (tertiary alicyclic amines) is 1. The van der Waals surface area contributed by atoms with Crippen molar-refractivity contribution in [3.63, 3.8) is 0 Å². The van der Waals surface area contributed by atoms with Gasteiger partial charge in [-0.05, 0) is 93.2 Å². The van der Waals surface area contributed by atoms with E-state index in [1.807, 2.05) is 12.1 Å². The maximum Gasteiger partial charge on any atom is 0.230 e. The second kappa shape index (κ2) is 10.4. The lowest BCUT2D eigenvalue weighted by Gasteiger charge is -2.54. The minimum absolute atomic E-state index is 0.0213. The molecule has 2 aromatic rings. The van der Waals surface area contributed by atoms with Crippen LogP contribution in [-0.2, 0) is 27.3 Å². The summed E-state index contributed by atoms with van der Waals surface area (Å²) in [4.78, 5) is 57.7. The van der Waals surface area contributed by atoms with Crippen molar-refractivity contribution < 1.29 is 34.5 Å². The van der Waals surface area contributed by atoms with Gasteiger partial charge in [-0.3, -0.25) is 24.1 Å². The molecule has 1 aliphatic heterocycles. The van der Waals surface area contributed by atoms with E-state index in [0.717, 1.165) is 36.3 Å². The van der Waals surface area contributed by atoms with Crippen LogP contribution in [0.5, 0.6) is 5.75 Å². The average Bonchev–Trinajstić information content (AvgIpc) is 3.43. The minimum atomic E-state index is -2.67. The maximum absolute atomic E-state index is 14.0. The van der Waals surface area contributed by atoms with Crippen molar-refractivity contribution in [2.75, 3.05) is 27.2 Å². The van der Waals surface area contributed by atoms with E-state index in [1.54, 1.807) is 25.1 Å². The number of carbonyl (C=O) groups is 4. The average molecular weight is 576 g/mol. The number of amides is 1. The molecule has 1 heterocycles. The highest BCUT2D eigenvalue weighted by molar-refractivity contribution is 6.25. The third kappa shape index (κ3) is 4.23. The van der Waals surface area contributed by atoms with Gasteiger partial charge in [0.15, 0.2) is 23.0 Å². The van der Waals surface area contributed by atoms with E-state index >= 15 is 0 Å². The van der Waals surface area contributed by atoms with Crippen LogP contribution in [0, 0.1) is 23.7 Å². The molecule has 42 heavy (non-hydrogen) atoms. The van der Waals surface area contributed by atoms with Gasteiger partial charge in [-0.25, -0.2) is 0 Å². The normalized spacial score (nSPS) is 32.9. The second-order valence-electron chi connectivity index (χ2n) is 12.6. The summed E-state index contributed by atoms with van der Waals surface area (Å²) in [5, 5.41) is 33.7. The Labute approximate surface area is 244 Å². The summed E-state index contributed by atoms with van der Waals surface area (Å²) >= 11 is 0. The fourth-order valence-corrected chi connectivity index (χ4v) is 8.13. The Morgan fingerprint density at radius 2 is 1.81 bits per heavy atom. The molecule has 222 valence electrons. The van der Waals surface area contributed by atoms with E-state index < -0.39 is 64.7 Å². The predicted octanol–water partition coefficient (Wildman–Crippen LogP) is 0.922. The number of hydrogen-bond acceptors (Lipinski definition) is 9. The van der Waals surface area contributed by atoms with E-state index in [1.165, 1.54) is 18.9 Å². The maximum atomic E-state index is 14.0. The van der Waals surface area contributed by atoms with Crippen LogP contribution in [0.15, 0.2) is 36.4 Å². The number of hydrogen-bond donors (Lipinski definition) is 4. The van der Waals surface area contributed by atoms with Crippen molar-refractivity contribution in [2.24, 2.45) is 29.4 Å². The van der Waals surface area contributed by atoms with Crippen molar-refractivity contribution in [3.8, 4) is 16.9 Å². The molecule has 10 heteroatoms. The Bertz CT molecular complexity index is 1480. The molecule has 3 unspecified atom stereocenters. The number of aromatic hydroxyl groups is 1. The van der Waals surface area contributed by atoms with Crippen molar-refractivity contribution in [3.05, 3.63) is 53.1 Å². The fraction of sp³-hybridized carbons (Fsp3) is 0.500. The molecule has 4 aliphatic rings. The van der Waals surface area contributed by atoms with Gasteiger partial charge in [0.25, 0.3) is 0 Å². The van der Waals surface area contributed by atoms with Gasteiger partial charge in [0, 0.05) is 18.5 Å². The highest BCUT2D eigenvalue weighted by Gasteiger charge is 2.69. The first kappa shape index (κ1) is 28.7. The number of nitrogens with two attached hydrogens (primary N) is 1. The van der Waals surface area contributed by atoms with Gasteiger partial charge in [0.2, 0.25) is 5.91 Å². The first-order valence-corrected chi connectivity index (χ1v) is 14.6. The summed E-state index contributed by atoms with van der Waals surface area (Å²) in [6.45, 7) is 2.94. The Hall–Kier alpha value is -3.44. The number of benzene rings is 2. The molecule has 0 spiro atoms. The summed E-state index contributed by atoms with van der Waals surface area (Å²) in [5.41, 5.74) is 6.24. The molecule has 0 radical (unpaired) electrons. The number of fused-ring (bicyclic) bond motifs is 3. The van der Waals surface area contributed by atoms with Crippen LogP contribution in [0.25, 0.3) is 11.1 Å². The fourth-order valence-electron chi connectivity index (χ4n) is 8.13. The predicted molar refractivity (Wildman–Crippen MR) is 152 cm³/mol. The monoisotopic (exact) mass is 575 g/mol. The lowest BCUT2D eigenvalue weighted by Crippen LogP contribution is -2.75. The zero-order chi connectivity index (χ0) is 30.1. The number of likely N-dealkylation sites (N-methyl/N-ethyl adjacent to an activating group) is 1. The number of phenols is 1. The molecule has 10 nitrogen and oxygen atoms in total. The molecule has 2 saturated carbocycles. The van der Waals surface area contributed by atoms with E-state index in [4.69, 9.17) is 5.73 Å². The smallest absolute Gasteiger partial charge is 0.230 e. The number of phenolic OH excluding ortho intramolecular Hbond substituents is 1. The molecular formula is C32H37N3O7. The van der Waals surface area contributed by atoms with E-state index in [2.05, 4.69) is 17.0 Å². The number of aliphatic hydroxyl groups excluding tert-OH is 1. The van der Waals surface area contributed by atoms with Gasteiger partial charge in [-0.2, -0.15) is 0 Å². The van der Waals surface area contributed by atoms with Gasteiger partial charge in [-0.1, -0.05) is 24.3 Å². The van der Waals surface area contributed by atoms with Gasteiger partial charge in [0.05, 0.1) is 17.6 Å². The van der Waals surface area contributed by atoms with Crippen molar-refractivity contribution >= 4 is 23.3 Å². The number of ketones is 3. The third-order valence-corrected chi connectivity index (χ3v) is 10.0. The summed E-state index contributed by atoms with van der Waals surface area (Å²) in [7, 11) is 3.26. The Balaban J connectivity index is 1.42. The molecule has 3 aliphatic carbocycles. The molecular weight excluding hydrogens is 538 g/mol. The molecule has 1 amide bonds. The SMILES string of the molecule is CN(C)[C@H]1C(O)C(C(N)=O)C(=O)[C@]2(O)C(=O)C3C(=O)c4c(O)ccc(-c5cccc(CN6CCCC6)c5)c4C[C@@H]3C[C@H]12. The molecule has 0 bridgehead atoms. The summed E-state index contributed by atoms with van der Waals surface area (Å²) in [5.74, 6) is -9.03. The standard InChI is InChI=1S/C32H37N3O7/c1-34(2)26-21-14-18-13-20-19(17-7-5-6-16(12-17)15-35-10-3-4-11-35)8-9-22(36)24(20)27(37)23(18)29(39)32(21,42)30(40)25(28(26)38)31(33)41/h5-9,12,18,21,23,25-26,28,36,38,42H,3-4,10-11,13-15H2,1-2H3,(H2,33,41)/t18-,21-,23?,25?,26-,28?,32-/m1/s1. The van der Waals surface area contributed by atoms with Crippen LogP contribution < -0.4 is 5.73 Å². The van der Waals surface area contributed by atoms with Crippen LogP contribution in [0.2, 0.25) is 0 Å². The third-order valence-electron chi connectivity index (χ3n) is 10.0. The molecule has 3 fully saturated rings. The first-order chi connectivity index (χ1) is 19.9. The number of primary amides is 1. The van der Waals surface area contributed by atoms with Crippen molar-refractivity contribution in [2.45, 2.75) is 50.0 Å². The molecule has 5 N–H and O–H groups in total. The van der Waals surface area contributed by atoms with Gasteiger partial charge < -0.3 is 26.0 Å². The number of aliphatic hydroxyl groups is 2. The zero-order valence-electron chi connectivity index (χ0n) is 23.8. The number of carbonyl (C=O) groups excluding carboxylic acids is 4. The van der Waals surface area contributed by atoms with Crippen molar-refractivity contribution in [1.29, 1.82) is 0 Å². The highest BCUT2D eigenvalue weighted by Crippen LogP contribution is 2.52. The van der Waals surface area contributed by atoms with E-state index in [0.29, 0.717) is 5.56 Å². The van der Waals surface area contributed by atoms with Crippen LogP contribution in [0.4, 0.5) is 0 Å². The molecule has 7 atom stereocenters. The van der Waals surface area contributed by atoms with E-state index in [-0.39, 0.29) is 24.2 Å². The van der Waals surface area contributed by atoms with Crippen LogP contribution in [-0.4, -0.2) is 93.3 Å². The minimum Gasteiger partial charge on any atom is -0.507 e. The van der Waals surface area contributed by atoms with Crippen LogP contribution in [0.1, 0.15) is 40.7 Å². The highest BCUT2D eigenvalue weighted by atomic mass is 16.3. The summed E-state index contributed by atoms with van der Waals surface area (Å²) in [6, 6.07) is 10.4. The topological polar surface area (TPSA) is 161 Å². The zero-order valence-corrected chi connectivity index (χ0v) is 23.8. The van der Waals surface area contributed by atoms with Crippen LogP contribution in [0.3, 0.4) is 0 Å². The lowest BCUT2D eigenvalue weighted by molar-refractivity contribution is -0.190. The quantitative estimate of drug-likeness (QED) is 0.380. The molecule has 1 saturated heterocycles. The first-order valence-electron chi connectivity index (χ1n) is 14.6. The summed E-state index contributed by atoms with van der Waals surface area (Å²) in [6.07, 6.45) is 1.19. The Kier molecular flexibility index (Phi) is 7.08. The number of rotatable bonds is 5. The number of Topliss-reactive ketones (excluding diaryl/α,β-unsaturated/α-hetero) is 3. The molecule has 2 aromatic carbocycles. The largest absolute Gasteiger partial charge is 0.507 e. The molecule has 0 aromatic heterocycles. The van der Waals surface area contributed by atoms with Crippen LogP contribution >= 0.6 is 0 Å². The van der Waals surface area contributed by atoms with Gasteiger partial charge in [-0.15, -0.1) is 0 Å². The Morgan fingerprint density at radius 3 is 2.48 bits per heavy atom. The summed E-state index contributed by atoms with van der Waals surface area (Å²) < 4.78 is 0.